The van der Waals surface area contributed by atoms with Gasteiger partial charge in [-0.2, -0.15) is 0 Å². The molecule has 392 valence electrons. The Bertz CT molecular complexity index is 963. The van der Waals surface area contributed by atoms with Gasteiger partial charge < -0.3 is 15.5 Å². The summed E-state index contributed by atoms with van der Waals surface area (Å²) < 4.78 is 0. The first kappa shape index (κ1) is 64.9. The van der Waals surface area contributed by atoms with Crippen LogP contribution in [0.3, 0.4) is 0 Å². The summed E-state index contributed by atoms with van der Waals surface area (Å²) in [6, 6.07) is -0.535. The number of unbranched alkanes of at least 4 members (excludes halogenated alkanes) is 46. The number of hydrogen-bond donors (Lipinski definition) is 3. The summed E-state index contributed by atoms with van der Waals surface area (Å²) in [5.41, 5.74) is 0. The minimum Gasteiger partial charge on any atom is -0.394 e. The Kier molecular flexibility index (Phi) is 57.2. The molecular formula is C62H121NO3. The van der Waals surface area contributed by atoms with Crippen molar-refractivity contribution in [1.29, 1.82) is 0 Å². The predicted octanol–water partition coefficient (Wildman–Crippen LogP) is 20.3. The van der Waals surface area contributed by atoms with Crippen LogP contribution in [-0.4, -0.2) is 34.9 Å². The van der Waals surface area contributed by atoms with Gasteiger partial charge in [-0.05, 0) is 44.9 Å². The average molecular weight is 929 g/mol. The van der Waals surface area contributed by atoms with Crippen LogP contribution in [0.15, 0.2) is 24.3 Å². The number of carbonyl (C=O) groups excluding carboxylic acids is 1. The molecule has 0 saturated heterocycles. The topological polar surface area (TPSA) is 69.6 Å². The van der Waals surface area contributed by atoms with Crippen LogP contribution in [0.1, 0.15) is 348 Å². The number of allylic oxidation sites excluding steroid dienone is 4. The number of carbonyl (C=O) groups is 1. The zero-order chi connectivity index (χ0) is 47.7. The fourth-order valence-electron chi connectivity index (χ4n) is 9.81. The smallest absolute Gasteiger partial charge is 0.220 e. The lowest BCUT2D eigenvalue weighted by Crippen LogP contribution is -2.45. The van der Waals surface area contributed by atoms with E-state index in [1.54, 1.807) is 0 Å². The van der Waals surface area contributed by atoms with Crippen molar-refractivity contribution in [2.45, 2.75) is 360 Å². The quantitative estimate of drug-likeness (QED) is 0.0420. The highest BCUT2D eigenvalue weighted by Gasteiger charge is 2.20. The van der Waals surface area contributed by atoms with E-state index in [0.717, 1.165) is 32.1 Å². The summed E-state index contributed by atoms with van der Waals surface area (Å²) >= 11 is 0. The Hall–Kier alpha value is -1.13. The molecule has 0 aliphatic heterocycles. The molecule has 0 rings (SSSR count). The Labute approximate surface area is 415 Å². The lowest BCUT2D eigenvalue weighted by molar-refractivity contribution is -0.123. The molecule has 0 aromatic rings. The summed E-state index contributed by atoms with van der Waals surface area (Å²) in [5.74, 6) is -0.0245. The van der Waals surface area contributed by atoms with Crippen LogP contribution in [0, 0.1) is 0 Å². The van der Waals surface area contributed by atoms with Gasteiger partial charge in [-0.15, -0.1) is 0 Å². The molecule has 0 saturated carbocycles. The molecule has 0 aliphatic rings. The molecule has 1 amide bonds. The van der Waals surface area contributed by atoms with Crippen molar-refractivity contribution < 1.29 is 15.0 Å². The van der Waals surface area contributed by atoms with Crippen LogP contribution in [0.2, 0.25) is 0 Å². The summed E-state index contributed by atoms with van der Waals surface area (Å²) in [7, 11) is 0. The Morgan fingerprint density at radius 2 is 0.621 bits per heavy atom. The van der Waals surface area contributed by atoms with Crippen molar-refractivity contribution in [3.05, 3.63) is 24.3 Å². The van der Waals surface area contributed by atoms with Crippen molar-refractivity contribution in [3.8, 4) is 0 Å². The lowest BCUT2D eigenvalue weighted by atomic mass is 10.0. The van der Waals surface area contributed by atoms with Gasteiger partial charge >= 0.3 is 0 Å². The maximum absolute atomic E-state index is 12.5. The molecule has 4 nitrogen and oxygen atoms in total. The summed E-state index contributed by atoms with van der Waals surface area (Å²) in [5, 5.41) is 23.4. The van der Waals surface area contributed by atoms with Gasteiger partial charge in [0.2, 0.25) is 5.91 Å². The molecule has 66 heavy (non-hydrogen) atoms. The molecule has 2 unspecified atom stereocenters. The van der Waals surface area contributed by atoms with Crippen molar-refractivity contribution in [2.75, 3.05) is 6.61 Å². The molecule has 0 bridgehead atoms. The molecule has 0 aliphatic carbocycles. The van der Waals surface area contributed by atoms with Crippen molar-refractivity contribution in [1.82, 2.24) is 5.32 Å². The maximum Gasteiger partial charge on any atom is 0.220 e. The second kappa shape index (κ2) is 58.2. The third-order valence-electron chi connectivity index (χ3n) is 14.5. The Morgan fingerprint density at radius 3 is 0.909 bits per heavy atom. The van der Waals surface area contributed by atoms with E-state index in [2.05, 4.69) is 43.5 Å². The van der Waals surface area contributed by atoms with Crippen molar-refractivity contribution >= 4 is 5.91 Å². The van der Waals surface area contributed by atoms with Crippen LogP contribution < -0.4 is 5.32 Å². The molecule has 3 N–H and O–H groups in total. The van der Waals surface area contributed by atoms with Crippen LogP contribution in [0.25, 0.3) is 0 Å². The number of aliphatic hydroxyl groups excluding tert-OH is 2. The minimum absolute atomic E-state index is 0.0245. The van der Waals surface area contributed by atoms with Gasteiger partial charge in [0, 0.05) is 6.42 Å². The number of aliphatic hydroxyl groups is 2. The fourth-order valence-corrected chi connectivity index (χ4v) is 9.81. The van der Waals surface area contributed by atoms with E-state index in [1.165, 1.54) is 289 Å². The minimum atomic E-state index is -0.658. The number of hydrogen-bond acceptors (Lipinski definition) is 3. The number of nitrogens with one attached hydrogen (secondary N) is 1. The summed E-state index contributed by atoms with van der Waals surface area (Å²) in [6.45, 7) is 4.40. The van der Waals surface area contributed by atoms with E-state index in [1.807, 2.05) is 0 Å². The fraction of sp³-hybridized carbons (Fsp3) is 0.919. The maximum atomic E-state index is 12.5. The third kappa shape index (κ3) is 53.8. The lowest BCUT2D eigenvalue weighted by Gasteiger charge is -2.22. The molecule has 4 heteroatoms. The highest BCUT2D eigenvalue weighted by atomic mass is 16.3. The van der Waals surface area contributed by atoms with E-state index in [0.29, 0.717) is 12.8 Å². The first-order chi connectivity index (χ1) is 32.7. The van der Waals surface area contributed by atoms with Gasteiger partial charge in [0.05, 0.1) is 18.8 Å². The van der Waals surface area contributed by atoms with Crippen LogP contribution in [0.5, 0.6) is 0 Å². The zero-order valence-corrected chi connectivity index (χ0v) is 45.2. The normalized spacial score (nSPS) is 12.8. The first-order valence-corrected chi connectivity index (χ1v) is 30.5. The van der Waals surface area contributed by atoms with Crippen LogP contribution >= 0.6 is 0 Å². The molecule has 0 spiro atoms. The van der Waals surface area contributed by atoms with Gasteiger partial charge in [-0.3, -0.25) is 4.79 Å². The summed E-state index contributed by atoms with van der Waals surface area (Å²) in [6.07, 6.45) is 77.6. The summed E-state index contributed by atoms with van der Waals surface area (Å²) in [4.78, 5) is 12.5. The monoisotopic (exact) mass is 928 g/mol. The van der Waals surface area contributed by atoms with Gasteiger partial charge in [0.25, 0.3) is 0 Å². The van der Waals surface area contributed by atoms with Crippen molar-refractivity contribution in [2.24, 2.45) is 0 Å². The first-order valence-electron chi connectivity index (χ1n) is 30.5. The van der Waals surface area contributed by atoms with Gasteiger partial charge in [-0.25, -0.2) is 0 Å². The van der Waals surface area contributed by atoms with Crippen LogP contribution in [-0.2, 0) is 4.79 Å². The molecule has 2 atom stereocenters. The molecule has 0 fully saturated rings. The van der Waals surface area contributed by atoms with Gasteiger partial charge in [0.1, 0.15) is 0 Å². The molecule has 0 radical (unpaired) electrons. The molecule has 0 aromatic carbocycles. The number of rotatable bonds is 57. The van der Waals surface area contributed by atoms with Crippen molar-refractivity contribution in [3.63, 3.8) is 0 Å². The highest BCUT2D eigenvalue weighted by molar-refractivity contribution is 5.76. The largest absolute Gasteiger partial charge is 0.394 e. The standard InChI is InChI=1S/C62H121NO3/c1-3-5-7-9-11-13-15-17-19-21-23-25-26-27-28-29-30-31-32-33-34-35-36-38-40-42-44-46-48-50-52-54-56-58-62(66)63-60(59-64)61(65)57-55-53-51-49-47-45-43-41-39-37-24-22-20-18-16-14-12-10-8-6-4-2/h23,25,27-28,60-61,64-65H,3-22,24,26,29-59H2,1-2H3,(H,63,66)/b25-23-,28-27-. The predicted molar refractivity (Wildman–Crippen MR) is 295 cm³/mol. The van der Waals surface area contributed by atoms with E-state index in [-0.39, 0.29) is 12.5 Å². The Morgan fingerprint density at radius 1 is 0.364 bits per heavy atom. The highest BCUT2D eigenvalue weighted by Crippen LogP contribution is 2.18. The van der Waals surface area contributed by atoms with Gasteiger partial charge in [0.15, 0.2) is 0 Å². The van der Waals surface area contributed by atoms with E-state index < -0.39 is 12.1 Å². The second-order valence-electron chi connectivity index (χ2n) is 21.1. The Balaban J connectivity index is 3.41. The SMILES string of the molecule is CCCCCCCCCCC/C=C\C/C=C\CCCCCCCCCCCCCCCCCCCC(=O)NC(CO)C(O)CCCCCCCCCCCCCCCCCCCCCCC. The van der Waals surface area contributed by atoms with E-state index >= 15 is 0 Å². The van der Waals surface area contributed by atoms with Gasteiger partial charge in [-0.1, -0.05) is 321 Å². The molecule has 0 heterocycles. The number of amides is 1. The third-order valence-corrected chi connectivity index (χ3v) is 14.5. The zero-order valence-electron chi connectivity index (χ0n) is 45.2. The van der Waals surface area contributed by atoms with Crippen LogP contribution in [0.4, 0.5) is 0 Å². The second-order valence-corrected chi connectivity index (χ2v) is 21.1. The molecular weight excluding hydrogens is 807 g/mol. The average Bonchev–Trinajstić information content (AvgIpc) is 3.32. The molecule has 0 aromatic heterocycles. The van der Waals surface area contributed by atoms with E-state index in [9.17, 15) is 15.0 Å². The van der Waals surface area contributed by atoms with E-state index in [4.69, 9.17) is 0 Å².